The minimum Gasteiger partial charge on any atom is -0.495 e. The van der Waals surface area contributed by atoms with Crippen molar-refractivity contribution < 1.29 is 17.9 Å². The molecule has 0 radical (unpaired) electrons. The maximum Gasteiger partial charge on any atom is 0.262 e. The molecule has 3 aromatic rings. The predicted octanol–water partition coefficient (Wildman–Crippen LogP) is 3.73. The molecule has 3 rings (SSSR count). The molecule has 0 aliphatic carbocycles. The summed E-state index contributed by atoms with van der Waals surface area (Å²) in [4.78, 5) is 12.6. The average molecular weight is 410 g/mol. The first-order valence-electron chi connectivity index (χ1n) is 8.99. The van der Waals surface area contributed by atoms with Gasteiger partial charge in [-0.3, -0.25) is 9.52 Å². The highest BCUT2D eigenvalue weighted by molar-refractivity contribution is 7.92. The molecular weight excluding hydrogens is 388 g/mol. The third-order valence-electron chi connectivity index (χ3n) is 4.41. The molecule has 0 aliphatic rings. The lowest BCUT2D eigenvalue weighted by atomic mass is 10.1. The molecule has 3 aromatic carbocycles. The molecule has 0 saturated heterocycles. The molecule has 1 amide bonds. The van der Waals surface area contributed by atoms with Crippen LogP contribution in [0.4, 0.5) is 5.69 Å². The van der Waals surface area contributed by atoms with Gasteiger partial charge in [0.2, 0.25) is 0 Å². The van der Waals surface area contributed by atoms with E-state index in [9.17, 15) is 13.2 Å². The summed E-state index contributed by atoms with van der Waals surface area (Å²) in [6.07, 6.45) is 0. The fourth-order valence-electron chi connectivity index (χ4n) is 2.82. The number of sulfonamides is 1. The molecule has 0 saturated carbocycles. The maximum absolute atomic E-state index is 12.8. The fourth-order valence-corrected chi connectivity index (χ4v) is 3.92. The number of rotatable bonds is 7. The molecule has 7 heteroatoms. The average Bonchev–Trinajstić information content (AvgIpc) is 2.73. The Morgan fingerprint density at radius 1 is 0.966 bits per heavy atom. The summed E-state index contributed by atoms with van der Waals surface area (Å²) < 4.78 is 33.4. The van der Waals surface area contributed by atoms with Crippen molar-refractivity contribution in [1.82, 2.24) is 5.32 Å². The van der Waals surface area contributed by atoms with Crippen LogP contribution >= 0.6 is 0 Å². The molecule has 0 spiro atoms. The first-order valence-corrected chi connectivity index (χ1v) is 10.5. The highest BCUT2D eigenvalue weighted by Gasteiger charge is 2.19. The standard InChI is InChI=1S/C22H22N2O4S/c1-16-12-13-18(29(26,27)24-20-10-6-7-11-21(20)28-2)14-19(16)22(25)23-15-17-8-4-3-5-9-17/h3-14,24H,15H2,1-2H3,(H,23,25). The van der Waals surface area contributed by atoms with Crippen LogP contribution in [0.3, 0.4) is 0 Å². The predicted molar refractivity (Wildman–Crippen MR) is 113 cm³/mol. The van der Waals surface area contributed by atoms with Crippen molar-refractivity contribution in [3.05, 3.63) is 89.5 Å². The van der Waals surface area contributed by atoms with Crippen molar-refractivity contribution in [2.45, 2.75) is 18.4 Å². The monoisotopic (exact) mass is 410 g/mol. The molecule has 0 aromatic heterocycles. The molecule has 6 nitrogen and oxygen atoms in total. The lowest BCUT2D eigenvalue weighted by molar-refractivity contribution is 0.0950. The van der Waals surface area contributed by atoms with Crippen LogP contribution in [0.25, 0.3) is 0 Å². The first kappa shape index (κ1) is 20.4. The van der Waals surface area contributed by atoms with E-state index in [1.165, 1.54) is 19.2 Å². The number of hydrogen-bond acceptors (Lipinski definition) is 4. The molecule has 150 valence electrons. The van der Waals surface area contributed by atoms with Gasteiger partial charge in [-0.25, -0.2) is 8.42 Å². The number of nitrogens with one attached hydrogen (secondary N) is 2. The Labute approximate surface area is 170 Å². The van der Waals surface area contributed by atoms with E-state index in [1.54, 1.807) is 37.3 Å². The van der Waals surface area contributed by atoms with E-state index in [0.717, 1.165) is 5.56 Å². The van der Waals surface area contributed by atoms with Crippen LogP contribution < -0.4 is 14.8 Å². The largest absolute Gasteiger partial charge is 0.495 e. The minimum absolute atomic E-state index is 0.00105. The second kappa shape index (κ2) is 8.79. The van der Waals surface area contributed by atoms with Gasteiger partial charge in [-0.2, -0.15) is 0 Å². The van der Waals surface area contributed by atoms with E-state index in [-0.39, 0.29) is 10.8 Å². The molecular formula is C22H22N2O4S. The summed E-state index contributed by atoms with van der Waals surface area (Å²) in [5.41, 5.74) is 2.28. The van der Waals surface area contributed by atoms with Gasteiger partial charge in [0.15, 0.2) is 0 Å². The third-order valence-corrected chi connectivity index (χ3v) is 5.77. The molecule has 29 heavy (non-hydrogen) atoms. The molecule has 0 aliphatic heterocycles. The Hall–Kier alpha value is -3.32. The normalized spacial score (nSPS) is 11.0. The number of aryl methyl sites for hydroxylation is 1. The summed E-state index contributed by atoms with van der Waals surface area (Å²) in [6.45, 7) is 2.12. The lowest BCUT2D eigenvalue weighted by Gasteiger charge is -2.13. The third kappa shape index (κ3) is 4.94. The molecule has 0 bridgehead atoms. The Kier molecular flexibility index (Phi) is 6.19. The van der Waals surface area contributed by atoms with Crippen LogP contribution in [0, 0.1) is 6.92 Å². The van der Waals surface area contributed by atoms with Crippen LogP contribution in [-0.2, 0) is 16.6 Å². The summed E-state index contributed by atoms with van der Waals surface area (Å²) in [7, 11) is -2.43. The molecule has 0 heterocycles. The van der Waals surface area contributed by atoms with Gasteiger partial charge in [0, 0.05) is 12.1 Å². The Morgan fingerprint density at radius 2 is 1.66 bits per heavy atom. The lowest BCUT2D eigenvalue weighted by Crippen LogP contribution is -2.24. The van der Waals surface area contributed by atoms with E-state index in [4.69, 9.17) is 4.74 Å². The summed E-state index contributed by atoms with van der Waals surface area (Å²) in [6, 6.07) is 20.7. The Bertz CT molecular complexity index is 1110. The van der Waals surface area contributed by atoms with Crippen LogP contribution in [0.1, 0.15) is 21.5 Å². The van der Waals surface area contributed by atoms with Gasteiger partial charge in [0.1, 0.15) is 5.75 Å². The number of carbonyl (C=O) groups excluding carboxylic acids is 1. The van der Waals surface area contributed by atoms with Crippen molar-refractivity contribution in [3.63, 3.8) is 0 Å². The van der Waals surface area contributed by atoms with Gasteiger partial charge in [0.05, 0.1) is 17.7 Å². The van der Waals surface area contributed by atoms with Gasteiger partial charge >= 0.3 is 0 Å². The Morgan fingerprint density at radius 3 is 2.38 bits per heavy atom. The quantitative estimate of drug-likeness (QED) is 0.622. The zero-order valence-corrected chi connectivity index (χ0v) is 17.0. The van der Waals surface area contributed by atoms with Crippen molar-refractivity contribution in [1.29, 1.82) is 0 Å². The Balaban J connectivity index is 1.82. The second-order valence-corrected chi connectivity index (χ2v) is 8.13. The highest BCUT2D eigenvalue weighted by atomic mass is 32.2. The van der Waals surface area contributed by atoms with E-state index < -0.39 is 10.0 Å². The van der Waals surface area contributed by atoms with E-state index in [0.29, 0.717) is 29.1 Å². The number of ether oxygens (including phenoxy) is 1. The topological polar surface area (TPSA) is 84.5 Å². The van der Waals surface area contributed by atoms with Gasteiger partial charge in [-0.15, -0.1) is 0 Å². The number of methoxy groups -OCH3 is 1. The van der Waals surface area contributed by atoms with Crippen molar-refractivity contribution in [2.75, 3.05) is 11.8 Å². The summed E-state index contributed by atoms with van der Waals surface area (Å²) >= 11 is 0. The second-order valence-electron chi connectivity index (χ2n) is 6.45. The van der Waals surface area contributed by atoms with E-state index in [2.05, 4.69) is 10.0 Å². The van der Waals surface area contributed by atoms with Crippen LogP contribution in [0.15, 0.2) is 77.7 Å². The number of carbonyl (C=O) groups is 1. The minimum atomic E-state index is -3.90. The SMILES string of the molecule is COc1ccccc1NS(=O)(=O)c1ccc(C)c(C(=O)NCc2ccccc2)c1. The smallest absolute Gasteiger partial charge is 0.262 e. The van der Waals surface area contributed by atoms with E-state index >= 15 is 0 Å². The van der Waals surface area contributed by atoms with Gasteiger partial charge < -0.3 is 10.1 Å². The summed E-state index contributed by atoms with van der Waals surface area (Å²) in [5, 5.41) is 2.83. The van der Waals surface area contributed by atoms with E-state index in [1.807, 2.05) is 30.3 Å². The number of hydrogen-bond donors (Lipinski definition) is 2. The summed E-state index contributed by atoms with van der Waals surface area (Å²) in [5.74, 6) is 0.0738. The van der Waals surface area contributed by atoms with Crippen LogP contribution in [-0.4, -0.2) is 21.4 Å². The number of anilines is 1. The maximum atomic E-state index is 12.8. The fraction of sp³-hybridized carbons (Fsp3) is 0.136. The highest BCUT2D eigenvalue weighted by Crippen LogP contribution is 2.26. The van der Waals surface area contributed by atoms with Crippen molar-refractivity contribution in [3.8, 4) is 5.75 Å². The van der Waals surface area contributed by atoms with Crippen molar-refractivity contribution >= 4 is 21.6 Å². The van der Waals surface area contributed by atoms with Crippen LogP contribution in [0.5, 0.6) is 5.75 Å². The molecule has 0 unspecified atom stereocenters. The molecule has 0 atom stereocenters. The molecule has 0 fully saturated rings. The number of benzene rings is 3. The first-order chi connectivity index (χ1) is 13.9. The number of amides is 1. The zero-order chi connectivity index (χ0) is 20.9. The van der Waals surface area contributed by atoms with Crippen LogP contribution in [0.2, 0.25) is 0 Å². The van der Waals surface area contributed by atoms with Gasteiger partial charge in [0.25, 0.3) is 15.9 Å². The van der Waals surface area contributed by atoms with Gasteiger partial charge in [-0.05, 0) is 42.3 Å². The zero-order valence-electron chi connectivity index (χ0n) is 16.2. The molecule has 2 N–H and O–H groups in total. The van der Waals surface area contributed by atoms with Crippen molar-refractivity contribution in [2.24, 2.45) is 0 Å². The van der Waals surface area contributed by atoms with Gasteiger partial charge in [-0.1, -0.05) is 48.5 Å². The number of para-hydroxylation sites is 2.